The first-order chi connectivity index (χ1) is 8.41. The fourth-order valence-corrected chi connectivity index (χ4v) is 3.39. The predicted octanol–water partition coefficient (Wildman–Crippen LogP) is 1.67. The summed E-state index contributed by atoms with van der Waals surface area (Å²) in [6.45, 7) is 2.95. The zero-order valence-corrected chi connectivity index (χ0v) is 11.0. The van der Waals surface area contributed by atoms with Gasteiger partial charge in [0.05, 0.1) is 4.90 Å². The molecule has 6 heteroatoms. The van der Waals surface area contributed by atoms with Crippen LogP contribution in [0.5, 0.6) is 0 Å². The molecule has 0 aliphatic carbocycles. The van der Waals surface area contributed by atoms with Gasteiger partial charge in [-0.25, -0.2) is 17.5 Å². The van der Waals surface area contributed by atoms with Crippen molar-refractivity contribution in [1.82, 2.24) is 4.72 Å². The molecule has 0 unspecified atom stereocenters. The first-order valence-electron chi connectivity index (χ1n) is 5.79. The molecule has 18 heavy (non-hydrogen) atoms. The third-order valence-corrected chi connectivity index (χ3v) is 4.76. The summed E-state index contributed by atoms with van der Waals surface area (Å²) >= 11 is 0. The second kappa shape index (κ2) is 4.95. The lowest BCUT2D eigenvalue weighted by molar-refractivity contribution is 0.0537. The van der Waals surface area contributed by atoms with E-state index >= 15 is 0 Å². The molecular formula is C12H16FNO3S. The number of hydrogen-bond donors (Lipinski definition) is 1. The first kappa shape index (κ1) is 13.5. The highest BCUT2D eigenvalue weighted by atomic mass is 32.2. The number of halogens is 1. The van der Waals surface area contributed by atoms with Gasteiger partial charge in [0.15, 0.2) is 0 Å². The molecule has 1 saturated heterocycles. The second-order valence-corrected chi connectivity index (χ2v) is 6.41. The molecular weight excluding hydrogens is 257 g/mol. The van der Waals surface area contributed by atoms with Crippen molar-refractivity contribution in [2.75, 3.05) is 13.2 Å². The molecule has 0 atom stereocenters. The lowest BCUT2D eigenvalue weighted by Crippen LogP contribution is -2.49. The van der Waals surface area contributed by atoms with Crippen molar-refractivity contribution in [1.29, 1.82) is 0 Å². The number of sulfonamides is 1. The fraction of sp³-hybridized carbons (Fsp3) is 0.500. The van der Waals surface area contributed by atoms with Gasteiger partial charge in [0, 0.05) is 18.8 Å². The Morgan fingerprint density at radius 3 is 2.33 bits per heavy atom. The Hall–Kier alpha value is -0.980. The van der Waals surface area contributed by atoms with E-state index in [-0.39, 0.29) is 4.90 Å². The van der Waals surface area contributed by atoms with Crippen molar-refractivity contribution in [2.24, 2.45) is 0 Å². The van der Waals surface area contributed by atoms with Gasteiger partial charge >= 0.3 is 0 Å². The lowest BCUT2D eigenvalue weighted by atomic mass is 9.94. The Kier molecular flexibility index (Phi) is 3.70. The van der Waals surface area contributed by atoms with Crippen molar-refractivity contribution < 1.29 is 17.5 Å². The molecule has 0 bridgehead atoms. The molecule has 1 fully saturated rings. The summed E-state index contributed by atoms with van der Waals surface area (Å²) in [6.07, 6.45) is 1.26. The average Bonchev–Trinajstić information content (AvgIpc) is 2.29. The molecule has 0 spiro atoms. The Morgan fingerprint density at radius 1 is 1.22 bits per heavy atom. The highest BCUT2D eigenvalue weighted by Gasteiger charge is 2.32. The second-order valence-electron chi connectivity index (χ2n) is 4.73. The zero-order chi connectivity index (χ0) is 13.2. The number of nitrogens with one attached hydrogen (secondary N) is 1. The van der Waals surface area contributed by atoms with Crippen LogP contribution >= 0.6 is 0 Å². The monoisotopic (exact) mass is 273 g/mol. The van der Waals surface area contributed by atoms with Crippen LogP contribution in [-0.2, 0) is 14.8 Å². The van der Waals surface area contributed by atoms with Crippen LogP contribution in [0, 0.1) is 5.82 Å². The van der Waals surface area contributed by atoms with Crippen LogP contribution in [0.15, 0.2) is 29.2 Å². The predicted molar refractivity (Wildman–Crippen MR) is 65.2 cm³/mol. The smallest absolute Gasteiger partial charge is 0.241 e. The average molecular weight is 273 g/mol. The minimum absolute atomic E-state index is 0.0802. The van der Waals surface area contributed by atoms with E-state index in [1.807, 2.05) is 6.92 Å². The summed E-state index contributed by atoms with van der Waals surface area (Å²) in [5, 5.41) is 0. The Bertz CT molecular complexity index is 507. The Balaban J connectivity index is 2.18. The summed E-state index contributed by atoms with van der Waals surface area (Å²) < 4.78 is 45.0. The maximum Gasteiger partial charge on any atom is 0.241 e. The van der Waals surface area contributed by atoms with Gasteiger partial charge in [0.1, 0.15) is 5.82 Å². The van der Waals surface area contributed by atoms with Crippen LogP contribution in [0.3, 0.4) is 0 Å². The van der Waals surface area contributed by atoms with Crippen molar-refractivity contribution in [3.05, 3.63) is 30.1 Å². The molecule has 1 aliphatic heterocycles. The molecule has 1 aliphatic rings. The Labute approximate surface area is 106 Å². The molecule has 1 aromatic carbocycles. The number of ether oxygens (including phenoxy) is 1. The van der Waals surface area contributed by atoms with Gasteiger partial charge in [-0.15, -0.1) is 0 Å². The van der Waals surface area contributed by atoms with Gasteiger partial charge in [-0.3, -0.25) is 0 Å². The highest BCUT2D eigenvalue weighted by Crippen LogP contribution is 2.23. The van der Waals surface area contributed by atoms with Crippen molar-refractivity contribution in [2.45, 2.75) is 30.2 Å². The molecule has 4 nitrogen and oxygen atoms in total. The minimum Gasteiger partial charge on any atom is -0.381 e. The van der Waals surface area contributed by atoms with Crippen molar-refractivity contribution in [3.8, 4) is 0 Å². The van der Waals surface area contributed by atoms with E-state index in [1.54, 1.807) is 0 Å². The molecule has 1 heterocycles. The van der Waals surface area contributed by atoms with Crippen LogP contribution in [0.4, 0.5) is 4.39 Å². The number of rotatable bonds is 3. The maximum absolute atomic E-state index is 12.8. The van der Waals surface area contributed by atoms with E-state index in [0.29, 0.717) is 26.1 Å². The first-order valence-corrected chi connectivity index (χ1v) is 7.27. The third-order valence-electron chi connectivity index (χ3n) is 3.10. The maximum atomic E-state index is 12.8. The molecule has 0 saturated carbocycles. The Morgan fingerprint density at radius 2 is 1.78 bits per heavy atom. The number of benzene rings is 1. The van der Waals surface area contributed by atoms with Gasteiger partial charge in [0.2, 0.25) is 10.0 Å². The molecule has 1 aromatic rings. The molecule has 0 radical (unpaired) electrons. The summed E-state index contributed by atoms with van der Waals surface area (Å²) in [5.74, 6) is -0.453. The van der Waals surface area contributed by atoms with Gasteiger partial charge in [0.25, 0.3) is 0 Å². The standard InChI is InChI=1S/C12H16FNO3S/c1-12(6-8-17-9-7-12)14-18(15,16)11-4-2-10(13)3-5-11/h2-5,14H,6-9H2,1H3. The van der Waals surface area contributed by atoms with E-state index in [4.69, 9.17) is 4.74 Å². The largest absolute Gasteiger partial charge is 0.381 e. The summed E-state index contributed by atoms with van der Waals surface area (Å²) in [5.41, 5.74) is -0.495. The van der Waals surface area contributed by atoms with Crippen molar-refractivity contribution in [3.63, 3.8) is 0 Å². The van der Waals surface area contributed by atoms with E-state index < -0.39 is 21.4 Å². The van der Waals surface area contributed by atoms with E-state index in [2.05, 4.69) is 4.72 Å². The van der Waals surface area contributed by atoms with Crippen molar-refractivity contribution >= 4 is 10.0 Å². The molecule has 0 aromatic heterocycles. The van der Waals surface area contributed by atoms with Gasteiger partial charge in [-0.1, -0.05) is 0 Å². The molecule has 2 rings (SSSR count). The topological polar surface area (TPSA) is 55.4 Å². The van der Waals surface area contributed by atoms with Crippen LogP contribution < -0.4 is 4.72 Å². The van der Waals surface area contributed by atoms with Crippen LogP contribution in [-0.4, -0.2) is 27.2 Å². The quantitative estimate of drug-likeness (QED) is 0.911. The van der Waals surface area contributed by atoms with E-state index in [9.17, 15) is 12.8 Å². The number of hydrogen-bond acceptors (Lipinski definition) is 3. The summed E-state index contributed by atoms with van der Waals surface area (Å²) in [7, 11) is -3.61. The zero-order valence-electron chi connectivity index (χ0n) is 10.1. The molecule has 0 amide bonds. The van der Waals surface area contributed by atoms with Crippen LogP contribution in [0.25, 0.3) is 0 Å². The third kappa shape index (κ3) is 3.07. The lowest BCUT2D eigenvalue weighted by Gasteiger charge is -2.33. The van der Waals surface area contributed by atoms with Crippen LogP contribution in [0.2, 0.25) is 0 Å². The molecule has 100 valence electrons. The molecule has 1 N–H and O–H groups in total. The van der Waals surface area contributed by atoms with Gasteiger partial charge in [-0.05, 0) is 44.0 Å². The van der Waals surface area contributed by atoms with Gasteiger partial charge < -0.3 is 4.74 Å². The SMILES string of the molecule is CC1(NS(=O)(=O)c2ccc(F)cc2)CCOCC1. The minimum atomic E-state index is -3.61. The fourth-order valence-electron chi connectivity index (χ4n) is 1.92. The van der Waals surface area contributed by atoms with E-state index in [0.717, 1.165) is 12.1 Å². The summed E-state index contributed by atoms with van der Waals surface area (Å²) in [4.78, 5) is 0.0802. The summed E-state index contributed by atoms with van der Waals surface area (Å²) in [6, 6.07) is 4.81. The van der Waals surface area contributed by atoms with E-state index in [1.165, 1.54) is 12.1 Å². The van der Waals surface area contributed by atoms with Crippen LogP contribution in [0.1, 0.15) is 19.8 Å². The normalized spacial score (nSPS) is 19.7. The highest BCUT2D eigenvalue weighted by molar-refractivity contribution is 7.89. The van der Waals surface area contributed by atoms with Gasteiger partial charge in [-0.2, -0.15) is 0 Å².